The molecule has 1 atom stereocenters. The Balaban J connectivity index is 1.56. The summed E-state index contributed by atoms with van der Waals surface area (Å²) in [4.78, 5) is 46.8. The second kappa shape index (κ2) is 9.91. The number of halogens is 1. The van der Waals surface area contributed by atoms with E-state index in [0.717, 1.165) is 6.42 Å². The summed E-state index contributed by atoms with van der Waals surface area (Å²) in [6.07, 6.45) is 5.82. The SMILES string of the molecule is CC(C)CCC(=O)N1CCC([C@@]2(c3cccnc3)NC(=O)N(Cc3ccc(F)cc3)C2=O)CC1. The number of nitrogens with zero attached hydrogens (tertiary/aromatic N) is 3. The number of hydrogen-bond acceptors (Lipinski definition) is 4. The monoisotopic (exact) mass is 466 g/mol. The first-order chi connectivity index (χ1) is 16.3. The van der Waals surface area contributed by atoms with Crippen molar-refractivity contribution in [2.24, 2.45) is 11.8 Å². The number of aromatic nitrogens is 1. The zero-order valence-electron chi connectivity index (χ0n) is 19.7. The largest absolute Gasteiger partial charge is 0.343 e. The van der Waals surface area contributed by atoms with E-state index in [1.54, 1.807) is 30.6 Å². The van der Waals surface area contributed by atoms with Crippen LogP contribution in [0.4, 0.5) is 9.18 Å². The lowest BCUT2D eigenvalue weighted by Gasteiger charge is -2.41. The quantitative estimate of drug-likeness (QED) is 0.629. The molecule has 4 amide bonds. The molecule has 2 saturated heterocycles. The highest BCUT2D eigenvalue weighted by Crippen LogP contribution is 2.41. The van der Waals surface area contributed by atoms with Crippen LogP contribution in [0, 0.1) is 17.7 Å². The molecule has 0 bridgehead atoms. The van der Waals surface area contributed by atoms with E-state index in [2.05, 4.69) is 24.1 Å². The van der Waals surface area contributed by atoms with Gasteiger partial charge in [-0.15, -0.1) is 0 Å². The van der Waals surface area contributed by atoms with E-state index in [-0.39, 0.29) is 30.1 Å². The number of hydrogen-bond donors (Lipinski definition) is 1. The Morgan fingerprint density at radius 1 is 1.18 bits per heavy atom. The van der Waals surface area contributed by atoms with E-state index >= 15 is 0 Å². The highest BCUT2D eigenvalue weighted by molar-refractivity contribution is 6.07. The fraction of sp³-hybridized carbons (Fsp3) is 0.462. The molecular weight excluding hydrogens is 435 g/mol. The Labute approximate surface area is 199 Å². The first-order valence-electron chi connectivity index (χ1n) is 11.9. The Morgan fingerprint density at radius 2 is 1.88 bits per heavy atom. The number of piperidine rings is 1. The third-order valence-corrected chi connectivity index (χ3v) is 6.90. The molecule has 0 aliphatic carbocycles. The summed E-state index contributed by atoms with van der Waals surface area (Å²) in [5.41, 5.74) is 0.0651. The Bertz CT molecular complexity index is 1040. The number of benzene rings is 1. The standard InChI is InChI=1S/C26H31FN4O3/c1-18(2)5-10-23(32)30-14-11-20(12-15-30)26(21-4-3-13-28-16-21)24(33)31(25(34)29-26)17-19-6-8-22(27)9-7-19/h3-4,6-9,13,16,18,20H,5,10-12,14-15,17H2,1-2H3,(H,29,34)/t26-/m0/s1. The number of carbonyl (C=O) groups is 3. The molecule has 180 valence electrons. The van der Waals surface area contributed by atoms with E-state index in [1.807, 2.05) is 11.0 Å². The minimum atomic E-state index is -1.24. The number of carbonyl (C=O) groups excluding carboxylic acids is 3. The zero-order chi connectivity index (χ0) is 24.3. The summed E-state index contributed by atoms with van der Waals surface area (Å²) in [5, 5.41) is 2.99. The second-order valence-corrected chi connectivity index (χ2v) is 9.59. The van der Waals surface area contributed by atoms with Gasteiger partial charge in [0.1, 0.15) is 5.82 Å². The molecule has 0 unspecified atom stereocenters. The fourth-order valence-electron chi connectivity index (χ4n) is 4.95. The first kappa shape index (κ1) is 23.9. The van der Waals surface area contributed by atoms with Gasteiger partial charge in [-0.1, -0.05) is 32.0 Å². The van der Waals surface area contributed by atoms with Gasteiger partial charge in [0.2, 0.25) is 5.91 Å². The number of urea groups is 1. The van der Waals surface area contributed by atoms with Gasteiger partial charge in [-0.05, 0) is 54.9 Å². The van der Waals surface area contributed by atoms with Crippen molar-refractivity contribution in [3.05, 3.63) is 65.7 Å². The highest BCUT2D eigenvalue weighted by atomic mass is 19.1. The Kier molecular flexibility index (Phi) is 6.95. The molecule has 7 nitrogen and oxygen atoms in total. The van der Waals surface area contributed by atoms with Crippen molar-refractivity contribution in [3.63, 3.8) is 0 Å². The third-order valence-electron chi connectivity index (χ3n) is 6.90. The summed E-state index contributed by atoms with van der Waals surface area (Å²) in [6, 6.07) is 8.86. The lowest BCUT2D eigenvalue weighted by atomic mass is 9.73. The van der Waals surface area contributed by atoms with Crippen LogP contribution in [0.1, 0.15) is 50.7 Å². The number of amides is 4. The molecule has 0 saturated carbocycles. The number of nitrogens with one attached hydrogen (secondary N) is 1. The average Bonchev–Trinajstić information content (AvgIpc) is 3.10. The zero-order valence-corrected chi connectivity index (χ0v) is 19.7. The lowest BCUT2D eigenvalue weighted by molar-refractivity contribution is -0.136. The van der Waals surface area contributed by atoms with Crippen LogP contribution in [0.5, 0.6) is 0 Å². The average molecular weight is 467 g/mol. The highest BCUT2D eigenvalue weighted by Gasteiger charge is 2.57. The molecule has 0 radical (unpaired) electrons. The van der Waals surface area contributed by atoms with E-state index in [0.29, 0.717) is 49.4 Å². The number of likely N-dealkylation sites (tertiary alicyclic amines) is 1. The van der Waals surface area contributed by atoms with Crippen molar-refractivity contribution >= 4 is 17.8 Å². The van der Waals surface area contributed by atoms with Gasteiger partial charge < -0.3 is 10.2 Å². The molecule has 2 aromatic rings. The van der Waals surface area contributed by atoms with Gasteiger partial charge in [0, 0.05) is 37.5 Å². The van der Waals surface area contributed by atoms with Gasteiger partial charge >= 0.3 is 6.03 Å². The molecule has 1 aromatic heterocycles. The molecular formula is C26H31FN4O3. The van der Waals surface area contributed by atoms with Crippen molar-refractivity contribution < 1.29 is 18.8 Å². The molecule has 4 rings (SSSR count). The maximum atomic E-state index is 13.9. The lowest BCUT2D eigenvalue weighted by Crippen LogP contribution is -2.54. The molecule has 2 fully saturated rings. The molecule has 2 aliphatic heterocycles. The van der Waals surface area contributed by atoms with Crippen molar-refractivity contribution in [1.29, 1.82) is 0 Å². The number of imide groups is 1. The maximum absolute atomic E-state index is 13.9. The molecule has 34 heavy (non-hydrogen) atoms. The predicted octanol–water partition coefficient (Wildman–Crippen LogP) is 3.84. The summed E-state index contributed by atoms with van der Waals surface area (Å²) < 4.78 is 13.3. The normalized spacial score (nSPS) is 21.3. The topological polar surface area (TPSA) is 82.6 Å². The number of pyridine rings is 1. The molecule has 3 heterocycles. The first-order valence-corrected chi connectivity index (χ1v) is 11.9. The molecule has 0 spiro atoms. The molecule has 1 aromatic carbocycles. The van der Waals surface area contributed by atoms with Gasteiger partial charge in [-0.2, -0.15) is 0 Å². The van der Waals surface area contributed by atoms with Crippen molar-refractivity contribution in [1.82, 2.24) is 20.1 Å². The second-order valence-electron chi connectivity index (χ2n) is 9.59. The summed E-state index contributed by atoms with van der Waals surface area (Å²) in [6.45, 7) is 5.35. The molecule has 1 N–H and O–H groups in total. The van der Waals surface area contributed by atoms with E-state index in [1.165, 1.54) is 17.0 Å². The van der Waals surface area contributed by atoms with Crippen LogP contribution in [-0.2, 0) is 21.7 Å². The van der Waals surface area contributed by atoms with Crippen molar-refractivity contribution in [3.8, 4) is 0 Å². The van der Waals surface area contributed by atoms with Gasteiger partial charge in [0.25, 0.3) is 5.91 Å². The van der Waals surface area contributed by atoms with Crippen LogP contribution in [0.3, 0.4) is 0 Å². The van der Waals surface area contributed by atoms with E-state index in [9.17, 15) is 18.8 Å². The molecule has 2 aliphatic rings. The fourth-order valence-corrected chi connectivity index (χ4v) is 4.95. The minimum Gasteiger partial charge on any atom is -0.343 e. The van der Waals surface area contributed by atoms with Crippen LogP contribution in [-0.4, -0.2) is 45.7 Å². The van der Waals surface area contributed by atoms with E-state index < -0.39 is 11.6 Å². The van der Waals surface area contributed by atoms with Crippen LogP contribution in [0.25, 0.3) is 0 Å². The van der Waals surface area contributed by atoms with Crippen LogP contribution in [0.2, 0.25) is 0 Å². The summed E-state index contributed by atoms with van der Waals surface area (Å²) in [7, 11) is 0. The van der Waals surface area contributed by atoms with Crippen molar-refractivity contribution in [2.75, 3.05) is 13.1 Å². The van der Waals surface area contributed by atoms with Crippen LogP contribution in [0.15, 0.2) is 48.8 Å². The Morgan fingerprint density at radius 3 is 2.50 bits per heavy atom. The smallest absolute Gasteiger partial charge is 0.325 e. The summed E-state index contributed by atoms with van der Waals surface area (Å²) in [5.74, 6) is -0.281. The van der Waals surface area contributed by atoms with Crippen molar-refractivity contribution in [2.45, 2.75) is 51.6 Å². The number of rotatable bonds is 7. The van der Waals surface area contributed by atoms with Crippen LogP contribution < -0.4 is 5.32 Å². The minimum absolute atomic E-state index is 0.0551. The third kappa shape index (κ3) is 4.67. The van der Waals surface area contributed by atoms with E-state index in [4.69, 9.17) is 0 Å². The van der Waals surface area contributed by atoms with Gasteiger partial charge in [-0.3, -0.25) is 19.5 Å². The maximum Gasteiger partial charge on any atom is 0.325 e. The van der Waals surface area contributed by atoms with Gasteiger partial charge in [0.05, 0.1) is 6.54 Å². The predicted molar refractivity (Wildman–Crippen MR) is 125 cm³/mol. The van der Waals surface area contributed by atoms with Gasteiger partial charge in [0.15, 0.2) is 5.54 Å². The Hall–Kier alpha value is -3.29. The summed E-state index contributed by atoms with van der Waals surface area (Å²) >= 11 is 0. The van der Waals surface area contributed by atoms with Gasteiger partial charge in [-0.25, -0.2) is 9.18 Å². The molecule has 8 heteroatoms. The van der Waals surface area contributed by atoms with Crippen LogP contribution >= 0.6 is 0 Å².